The van der Waals surface area contributed by atoms with Crippen LogP contribution in [0.15, 0.2) is 30.7 Å². The molecule has 0 saturated heterocycles. The van der Waals surface area contributed by atoms with E-state index < -0.39 is 0 Å². The maximum absolute atomic E-state index is 12.5. The SMILES string of the molecule is O=C(Nc1cc2cc[nH]c2cn1)c1cnc2n1CCCCC2. The lowest BCUT2D eigenvalue weighted by atomic mass is 10.2. The fourth-order valence-corrected chi connectivity index (χ4v) is 2.97. The Kier molecular flexibility index (Phi) is 3.14. The summed E-state index contributed by atoms with van der Waals surface area (Å²) in [5.41, 5.74) is 1.57. The summed E-state index contributed by atoms with van der Waals surface area (Å²) in [6.07, 6.45) is 9.62. The molecule has 0 radical (unpaired) electrons. The van der Waals surface area contributed by atoms with Gasteiger partial charge in [-0.15, -0.1) is 0 Å². The fraction of sp³-hybridized carbons (Fsp3) is 0.312. The highest BCUT2D eigenvalue weighted by atomic mass is 16.2. The van der Waals surface area contributed by atoms with E-state index >= 15 is 0 Å². The first kappa shape index (κ1) is 13.1. The summed E-state index contributed by atoms with van der Waals surface area (Å²) in [5, 5.41) is 3.90. The molecule has 0 aliphatic carbocycles. The molecule has 0 atom stereocenters. The third kappa shape index (κ3) is 2.26. The predicted molar refractivity (Wildman–Crippen MR) is 83.8 cm³/mol. The molecule has 0 fully saturated rings. The number of aromatic nitrogens is 4. The van der Waals surface area contributed by atoms with Crippen LogP contribution in [0.2, 0.25) is 0 Å². The second-order valence-electron chi connectivity index (χ2n) is 5.61. The van der Waals surface area contributed by atoms with Gasteiger partial charge in [-0.2, -0.15) is 0 Å². The lowest BCUT2D eigenvalue weighted by Gasteiger charge is -2.09. The van der Waals surface area contributed by atoms with Crippen molar-refractivity contribution in [2.24, 2.45) is 0 Å². The third-order valence-electron chi connectivity index (χ3n) is 4.13. The standard InChI is InChI=1S/C16H17N5O/c22-16(13-10-19-15-4-2-1-3-7-21(13)15)20-14-8-11-5-6-17-12(11)9-18-14/h5-6,8-10,17H,1-4,7H2,(H,18,20,22). The van der Waals surface area contributed by atoms with Gasteiger partial charge in [0.25, 0.3) is 5.91 Å². The van der Waals surface area contributed by atoms with Crippen LogP contribution in [0.4, 0.5) is 5.82 Å². The largest absolute Gasteiger partial charge is 0.360 e. The van der Waals surface area contributed by atoms with Crippen LogP contribution in [-0.4, -0.2) is 25.4 Å². The third-order valence-corrected chi connectivity index (χ3v) is 4.13. The van der Waals surface area contributed by atoms with Gasteiger partial charge in [-0.3, -0.25) is 4.79 Å². The van der Waals surface area contributed by atoms with Crippen LogP contribution in [0.1, 0.15) is 35.6 Å². The van der Waals surface area contributed by atoms with Gasteiger partial charge in [0.1, 0.15) is 17.3 Å². The van der Waals surface area contributed by atoms with Gasteiger partial charge in [0, 0.05) is 24.5 Å². The predicted octanol–water partition coefficient (Wildman–Crippen LogP) is 2.74. The molecule has 3 aromatic rings. The molecule has 22 heavy (non-hydrogen) atoms. The highest BCUT2D eigenvalue weighted by Gasteiger charge is 2.18. The molecule has 6 nitrogen and oxygen atoms in total. The lowest BCUT2D eigenvalue weighted by molar-refractivity contribution is 0.101. The van der Waals surface area contributed by atoms with E-state index in [0.29, 0.717) is 11.5 Å². The zero-order valence-corrected chi connectivity index (χ0v) is 12.2. The smallest absolute Gasteiger partial charge is 0.275 e. The van der Waals surface area contributed by atoms with Crippen LogP contribution < -0.4 is 5.32 Å². The molecule has 0 unspecified atom stereocenters. The van der Waals surface area contributed by atoms with Crippen molar-refractivity contribution in [2.45, 2.75) is 32.2 Å². The number of imidazole rings is 1. The second kappa shape index (κ2) is 5.29. The van der Waals surface area contributed by atoms with Crippen molar-refractivity contribution in [3.05, 3.63) is 42.2 Å². The Balaban J connectivity index is 1.60. The average molecular weight is 295 g/mol. The summed E-state index contributed by atoms with van der Waals surface area (Å²) < 4.78 is 2.04. The Morgan fingerprint density at radius 3 is 3.14 bits per heavy atom. The Morgan fingerprint density at radius 1 is 1.23 bits per heavy atom. The first-order chi connectivity index (χ1) is 10.8. The van der Waals surface area contributed by atoms with Crippen molar-refractivity contribution in [3.63, 3.8) is 0 Å². The summed E-state index contributed by atoms with van der Waals surface area (Å²) in [6, 6.07) is 3.82. The highest BCUT2D eigenvalue weighted by Crippen LogP contribution is 2.18. The molecule has 1 amide bonds. The molecule has 0 spiro atoms. The lowest BCUT2D eigenvalue weighted by Crippen LogP contribution is -2.18. The Bertz CT molecular complexity index is 832. The van der Waals surface area contributed by atoms with Crippen LogP contribution in [0.3, 0.4) is 0 Å². The van der Waals surface area contributed by atoms with Crippen molar-refractivity contribution in [3.8, 4) is 0 Å². The van der Waals surface area contributed by atoms with E-state index in [-0.39, 0.29) is 5.91 Å². The van der Waals surface area contributed by atoms with Crippen molar-refractivity contribution in [1.29, 1.82) is 0 Å². The maximum atomic E-state index is 12.5. The molecule has 4 rings (SSSR count). The number of amides is 1. The number of aromatic amines is 1. The van der Waals surface area contributed by atoms with Crippen molar-refractivity contribution in [1.82, 2.24) is 19.5 Å². The average Bonchev–Trinajstić information content (AvgIpc) is 3.08. The van der Waals surface area contributed by atoms with E-state index in [4.69, 9.17) is 0 Å². The number of anilines is 1. The van der Waals surface area contributed by atoms with Gasteiger partial charge in [0.05, 0.1) is 17.9 Å². The number of hydrogen-bond donors (Lipinski definition) is 2. The second-order valence-corrected chi connectivity index (χ2v) is 5.61. The molecule has 4 heterocycles. The molecular formula is C16H17N5O. The monoisotopic (exact) mass is 295 g/mol. The number of aryl methyl sites for hydroxylation is 1. The molecule has 0 aromatic carbocycles. The first-order valence-corrected chi connectivity index (χ1v) is 7.60. The van der Waals surface area contributed by atoms with E-state index in [9.17, 15) is 4.79 Å². The van der Waals surface area contributed by atoms with Gasteiger partial charge in [0.2, 0.25) is 0 Å². The van der Waals surface area contributed by atoms with Gasteiger partial charge in [-0.05, 0) is 25.0 Å². The Labute approximate surface area is 127 Å². The minimum Gasteiger partial charge on any atom is -0.360 e. The van der Waals surface area contributed by atoms with Gasteiger partial charge >= 0.3 is 0 Å². The zero-order chi connectivity index (χ0) is 14.9. The van der Waals surface area contributed by atoms with Gasteiger partial charge < -0.3 is 14.9 Å². The number of H-pyrrole nitrogens is 1. The Hall–Kier alpha value is -2.63. The molecule has 6 heteroatoms. The topological polar surface area (TPSA) is 75.6 Å². The molecule has 1 aliphatic rings. The normalized spacial score (nSPS) is 14.5. The zero-order valence-electron chi connectivity index (χ0n) is 12.2. The molecule has 1 aliphatic heterocycles. The summed E-state index contributed by atoms with van der Waals surface area (Å²) in [6.45, 7) is 0.863. The number of rotatable bonds is 2. The van der Waals surface area contributed by atoms with E-state index in [1.807, 2.05) is 22.9 Å². The van der Waals surface area contributed by atoms with Crippen LogP contribution in [0.25, 0.3) is 10.9 Å². The van der Waals surface area contributed by atoms with E-state index in [0.717, 1.165) is 42.5 Å². The number of fused-ring (bicyclic) bond motifs is 2. The van der Waals surface area contributed by atoms with Gasteiger partial charge in [-0.25, -0.2) is 9.97 Å². The van der Waals surface area contributed by atoms with Crippen LogP contribution >= 0.6 is 0 Å². The number of carbonyl (C=O) groups is 1. The number of pyridine rings is 1. The van der Waals surface area contributed by atoms with Crippen molar-refractivity contribution >= 4 is 22.6 Å². The number of nitrogens with one attached hydrogen (secondary N) is 2. The highest BCUT2D eigenvalue weighted by molar-refractivity contribution is 6.03. The van der Waals surface area contributed by atoms with E-state index in [1.54, 1.807) is 12.4 Å². The van der Waals surface area contributed by atoms with Gasteiger partial charge in [0.15, 0.2) is 0 Å². The van der Waals surface area contributed by atoms with Crippen LogP contribution in [0.5, 0.6) is 0 Å². The summed E-state index contributed by atoms with van der Waals surface area (Å²) in [7, 11) is 0. The van der Waals surface area contributed by atoms with Crippen molar-refractivity contribution in [2.75, 3.05) is 5.32 Å². The van der Waals surface area contributed by atoms with Crippen LogP contribution in [0, 0.1) is 0 Å². The van der Waals surface area contributed by atoms with E-state index in [2.05, 4.69) is 20.3 Å². The summed E-state index contributed by atoms with van der Waals surface area (Å²) in [5.74, 6) is 1.42. The Morgan fingerprint density at radius 2 is 2.18 bits per heavy atom. The quantitative estimate of drug-likeness (QED) is 0.763. The number of hydrogen-bond acceptors (Lipinski definition) is 3. The summed E-state index contributed by atoms with van der Waals surface area (Å²) in [4.78, 5) is 24.3. The molecule has 0 saturated carbocycles. The minimum absolute atomic E-state index is 0.150. The maximum Gasteiger partial charge on any atom is 0.275 e. The number of nitrogens with zero attached hydrogens (tertiary/aromatic N) is 3. The molecular weight excluding hydrogens is 278 g/mol. The fourth-order valence-electron chi connectivity index (χ4n) is 2.97. The van der Waals surface area contributed by atoms with Crippen molar-refractivity contribution < 1.29 is 4.79 Å². The van der Waals surface area contributed by atoms with Gasteiger partial charge in [-0.1, -0.05) is 6.42 Å². The first-order valence-electron chi connectivity index (χ1n) is 7.60. The molecule has 2 N–H and O–H groups in total. The summed E-state index contributed by atoms with van der Waals surface area (Å²) >= 11 is 0. The molecule has 0 bridgehead atoms. The number of carbonyl (C=O) groups excluding carboxylic acids is 1. The molecule has 112 valence electrons. The molecule has 3 aromatic heterocycles. The minimum atomic E-state index is -0.150. The van der Waals surface area contributed by atoms with E-state index in [1.165, 1.54) is 6.42 Å². The van der Waals surface area contributed by atoms with Crippen LogP contribution in [-0.2, 0) is 13.0 Å².